The molecule has 0 aliphatic heterocycles. The second-order valence-corrected chi connectivity index (χ2v) is 5.33. The van der Waals surface area contributed by atoms with Crippen LogP contribution in [-0.4, -0.2) is 17.5 Å². The van der Waals surface area contributed by atoms with Crippen LogP contribution in [0.2, 0.25) is 5.02 Å². The molecule has 5 heteroatoms. The van der Waals surface area contributed by atoms with Crippen LogP contribution in [-0.2, 0) is 5.75 Å². The number of nitrogens with zero attached hydrogens (tertiary/aromatic N) is 1. The Labute approximate surface area is 115 Å². The minimum absolute atomic E-state index is 0.670. The summed E-state index contributed by atoms with van der Waals surface area (Å²) >= 11 is 7.56. The van der Waals surface area contributed by atoms with Crippen molar-refractivity contribution in [3.63, 3.8) is 0 Å². The van der Waals surface area contributed by atoms with Crippen molar-refractivity contribution in [1.29, 1.82) is 0 Å². The Kier molecular flexibility index (Phi) is 4.96. The highest BCUT2D eigenvalue weighted by Crippen LogP contribution is 2.16. The highest BCUT2D eigenvalue weighted by Gasteiger charge is 2.00. The lowest BCUT2D eigenvalue weighted by Crippen LogP contribution is -2.00. The molecule has 0 fully saturated rings. The third-order valence-electron chi connectivity index (χ3n) is 2.24. The summed E-state index contributed by atoms with van der Waals surface area (Å²) in [6.07, 6.45) is 0. The number of rotatable bonds is 6. The van der Waals surface area contributed by atoms with E-state index in [-0.39, 0.29) is 0 Å². The summed E-state index contributed by atoms with van der Waals surface area (Å²) in [5.41, 5.74) is 0.976. The van der Waals surface area contributed by atoms with Gasteiger partial charge in [0.25, 0.3) is 0 Å². The third kappa shape index (κ3) is 4.27. The van der Waals surface area contributed by atoms with Gasteiger partial charge in [0.15, 0.2) is 0 Å². The van der Waals surface area contributed by atoms with Crippen LogP contribution in [0.4, 0.5) is 0 Å². The van der Waals surface area contributed by atoms with Crippen molar-refractivity contribution in [3.05, 3.63) is 46.8 Å². The first-order chi connectivity index (χ1) is 8.74. The van der Waals surface area contributed by atoms with E-state index in [9.17, 15) is 0 Å². The van der Waals surface area contributed by atoms with E-state index in [0.29, 0.717) is 6.61 Å². The van der Waals surface area contributed by atoms with Gasteiger partial charge < -0.3 is 9.26 Å². The van der Waals surface area contributed by atoms with Crippen LogP contribution in [0, 0.1) is 6.92 Å². The molecular weight excluding hydrogens is 270 g/mol. The van der Waals surface area contributed by atoms with Crippen molar-refractivity contribution in [2.45, 2.75) is 12.7 Å². The van der Waals surface area contributed by atoms with Crippen LogP contribution in [0.3, 0.4) is 0 Å². The van der Waals surface area contributed by atoms with E-state index in [1.165, 1.54) is 0 Å². The van der Waals surface area contributed by atoms with Gasteiger partial charge in [-0.15, -0.1) is 0 Å². The van der Waals surface area contributed by atoms with Gasteiger partial charge in [-0.05, 0) is 31.2 Å². The van der Waals surface area contributed by atoms with E-state index < -0.39 is 0 Å². The molecule has 96 valence electrons. The Bertz CT molecular complexity index is 484. The molecule has 0 radical (unpaired) electrons. The standard InChI is InChI=1S/C13H14ClNO2S/c1-10-8-12(15-17-10)9-18-7-6-16-13-4-2-11(14)3-5-13/h2-5,8H,6-7,9H2,1H3. The van der Waals surface area contributed by atoms with Crippen LogP contribution in [0.15, 0.2) is 34.9 Å². The molecule has 0 spiro atoms. The topological polar surface area (TPSA) is 35.3 Å². The fourth-order valence-corrected chi connectivity index (χ4v) is 2.23. The number of ether oxygens (including phenoxy) is 1. The van der Waals surface area contributed by atoms with Crippen LogP contribution in [0.5, 0.6) is 5.75 Å². The van der Waals surface area contributed by atoms with E-state index in [4.69, 9.17) is 20.9 Å². The Balaban J connectivity index is 1.63. The Morgan fingerprint density at radius 2 is 2.11 bits per heavy atom. The van der Waals surface area contributed by atoms with Crippen LogP contribution < -0.4 is 4.74 Å². The normalized spacial score (nSPS) is 10.6. The van der Waals surface area contributed by atoms with Gasteiger partial charge in [-0.3, -0.25) is 0 Å². The first-order valence-corrected chi connectivity index (χ1v) is 7.15. The van der Waals surface area contributed by atoms with Crippen LogP contribution in [0.1, 0.15) is 11.5 Å². The predicted molar refractivity (Wildman–Crippen MR) is 74.3 cm³/mol. The zero-order valence-corrected chi connectivity index (χ0v) is 11.6. The molecule has 0 saturated heterocycles. The number of benzene rings is 1. The molecule has 0 bridgehead atoms. The molecule has 0 unspecified atom stereocenters. The summed E-state index contributed by atoms with van der Waals surface area (Å²) in [7, 11) is 0. The molecule has 0 N–H and O–H groups in total. The number of aromatic nitrogens is 1. The maximum absolute atomic E-state index is 5.79. The van der Waals surface area contributed by atoms with Gasteiger partial charge in [0.05, 0.1) is 12.3 Å². The van der Waals surface area contributed by atoms with Crippen molar-refractivity contribution in [3.8, 4) is 5.75 Å². The van der Waals surface area contributed by atoms with Crippen molar-refractivity contribution in [1.82, 2.24) is 5.16 Å². The number of hydrogen-bond donors (Lipinski definition) is 0. The van der Waals surface area contributed by atoms with E-state index in [0.717, 1.165) is 33.7 Å². The van der Waals surface area contributed by atoms with E-state index >= 15 is 0 Å². The number of halogens is 1. The molecule has 2 rings (SSSR count). The first kappa shape index (κ1) is 13.3. The van der Waals surface area contributed by atoms with Gasteiger partial charge in [-0.2, -0.15) is 11.8 Å². The minimum atomic E-state index is 0.670. The number of hydrogen-bond acceptors (Lipinski definition) is 4. The highest BCUT2D eigenvalue weighted by molar-refractivity contribution is 7.98. The molecule has 0 amide bonds. The van der Waals surface area contributed by atoms with E-state index in [1.54, 1.807) is 11.8 Å². The fourth-order valence-electron chi connectivity index (χ4n) is 1.41. The Morgan fingerprint density at radius 1 is 1.33 bits per heavy atom. The number of thioether (sulfide) groups is 1. The zero-order chi connectivity index (χ0) is 12.8. The summed E-state index contributed by atoms with van der Waals surface area (Å²) in [5.74, 6) is 3.45. The van der Waals surface area contributed by atoms with Crippen molar-refractivity contribution in [2.24, 2.45) is 0 Å². The van der Waals surface area contributed by atoms with Gasteiger partial charge in [0.1, 0.15) is 11.5 Å². The van der Waals surface area contributed by atoms with Gasteiger partial charge >= 0.3 is 0 Å². The summed E-state index contributed by atoms with van der Waals surface area (Å²) < 4.78 is 10.6. The highest BCUT2D eigenvalue weighted by atomic mass is 35.5. The molecular formula is C13H14ClNO2S. The largest absolute Gasteiger partial charge is 0.493 e. The average molecular weight is 284 g/mol. The second kappa shape index (κ2) is 6.71. The zero-order valence-electron chi connectivity index (χ0n) is 10.1. The predicted octanol–water partition coefficient (Wildman–Crippen LogP) is 3.95. The van der Waals surface area contributed by atoms with Gasteiger partial charge in [0, 0.05) is 22.6 Å². The SMILES string of the molecule is Cc1cc(CSCCOc2ccc(Cl)cc2)no1. The average Bonchev–Trinajstić information content (AvgIpc) is 2.77. The monoisotopic (exact) mass is 283 g/mol. The van der Waals surface area contributed by atoms with E-state index in [1.807, 2.05) is 37.3 Å². The van der Waals surface area contributed by atoms with Crippen molar-refractivity contribution < 1.29 is 9.26 Å². The molecule has 0 saturated carbocycles. The molecule has 1 aromatic carbocycles. The fraction of sp³-hybridized carbons (Fsp3) is 0.308. The van der Waals surface area contributed by atoms with E-state index in [2.05, 4.69) is 5.16 Å². The molecule has 18 heavy (non-hydrogen) atoms. The van der Waals surface area contributed by atoms with Gasteiger partial charge in [0.2, 0.25) is 0 Å². The smallest absolute Gasteiger partial charge is 0.133 e. The third-order valence-corrected chi connectivity index (χ3v) is 3.44. The van der Waals surface area contributed by atoms with Gasteiger partial charge in [-0.25, -0.2) is 0 Å². The van der Waals surface area contributed by atoms with Crippen LogP contribution >= 0.6 is 23.4 Å². The summed E-state index contributed by atoms with van der Waals surface area (Å²) in [6.45, 7) is 2.56. The lowest BCUT2D eigenvalue weighted by Gasteiger charge is -2.05. The number of aryl methyl sites for hydroxylation is 1. The second-order valence-electron chi connectivity index (χ2n) is 3.78. The molecule has 0 aliphatic carbocycles. The van der Waals surface area contributed by atoms with Crippen LogP contribution in [0.25, 0.3) is 0 Å². The van der Waals surface area contributed by atoms with Crippen molar-refractivity contribution in [2.75, 3.05) is 12.4 Å². The molecule has 3 nitrogen and oxygen atoms in total. The Morgan fingerprint density at radius 3 is 2.78 bits per heavy atom. The lowest BCUT2D eigenvalue weighted by molar-refractivity contribution is 0.344. The maximum atomic E-state index is 5.79. The minimum Gasteiger partial charge on any atom is -0.493 e. The van der Waals surface area contributed by atoms with Gasteiger partial charge in [-0.1, -0.05) is 16.8 Å². The molecule has 2 aromatic rings. The summed E-state index contributed by atoms with van der Waals surface area (Å²) in [5, 5.41) is 4.65. The summed E-state index contributed by atoms with van der Waals surface area (Å²) in [4.78, 5) is 0. The molecule has 0 aliphatic rings. The maximum Gasteiger partial charge on any atom is 0.133 e. The quantitative estimate of drug-likeness (QED) is 0.752. The molecule has 1 aromatic heterocycles. The first-order valence-electron chi connectivity index (χ1n) is 5.62. The summed E-state index contributed by atoms with van der Waals surface area (Å²) in [6, 6.07) is 9.33. The Hall–Kier alpha value is -1.13. The molecule has 1 heterocycles. The molecule has 0 atom stereocenters. The van der Waals surface area contributed by atoms with Crippen molar-refractivity contribution >= 4 is 23.4 Å². The lowest BCUT2D eigenvalue weighted by atomic mass is 10.3.